The number of hydrogen-bond donors (Lipinski definition) is 1. The fraction of sp³-hybridized carbons (Fsp3) is 0.412. The van der Waals surface area contributed by atoms with Crippen molar-refractivity contribution in [3.05, 3.63) is 52.5 Å². The van der Waals surface area contributed by atoms with Crippen molar-refractivity contribution in [2.45, 2.75) is 30.3 Å². The van der Waals surface area contributed by atoms with Gasteiger partial charge in [0.2, 0.25) is 0 Å². The maximum Gasteiger partial charge on any atom is 0.283 e. The molecular weight excluding hydrogens is 352 g/mol. The maximum atomic E-state index is 15.5. The van der Waals surface area contributed by atoms with Crippen molar-refractivity contribution in [2.24, 2.45) is 10.7 Å². The molecule has 0 aromatic carbocycles. The lowest BCUT2D eigenvalue weighted by molar-refractivity contribution is -0.0503. The molecule has 8 heteroatoms. The predicted octanol–water partition coefficient (Wildman–Crippen LogP) is 2.82. The number of allylic oxidation sites excluding steroid dienone is 2. The Labute approximate surface area is 148 Å². The van der Waals surface area contributed by atoms with Crippen molar-refractivity contribution in [1.82, 2.24) is 4.98 Å². The van der Waals surface area contributed by atoms with Crippen LogP contribution in [0.2, 0.25) is 5.02 Å². The van der Waals surface area contributed by atoms with Crippen LogP contribution in [-0.4, -0.2) is 42.1 Å². The summed E-state index contributed by atoms with van der Waals surface area (Å²) in [5.41, 5.74) is 4.90. The molecular formula is C17H16ClF2N3O2. The third kappa shape index (κ3) is 2.57. The zero-order chi connectivity index (χ0) is 17.6. The minimum absolute atomic E-state index is 0.134. The van der Waals surface area contributed by atoms with Crippen LogP contribution in [0.5, 0.6) is 0 Å². The molecule has 1 aromatic rings. The molecule has 25 heavy (non-hydrogen) atoms. The third-order valence-corrected chi connectivity index (χ3v) is 5.02. The second kappa shape index (κ2) is 5.98. The average molecular weight is 368 g/mol. The Hall–Kier alpha value is -2.15. The van der Waals surface area contributed by atoms with E-state index in [0.29, 0.717) is 16.3 Å². The van der Waals surface area contributed by atoms with Crippen LogP contribution >= 0.6 is 11.6 Å². The molecule has 1 aromatic heterocycles. The van der Waals surface area contributed by atoms with E-state index in [2.05, 4.69) is 9.98 Å². The van der Waals surface area contributed by atoms with Crippen molar-refractivity contribution in [2.75, 3.05) is 13.2 Å². The number of halogens is 3. The Morgan fingerprint density at radius 1 is 1.32 bits per heavy atom. The average Bonchev–Trinajstić information content (AvgIpc) is 2.59. The first-order valence-corrected chi connectivity index (χ1v) is 8.32. The summed E-state index contributed by atoms with van der Waals surface area (Å²) in [5.74, 6) is -0.373. The van der Waals surface area contributed by atoms with Gasteiger partial charge in [0.15, 0.2) is 11.8 Å². The molecule has 132 valence electrons. The van der Waals surface area contributed by atoms with Gasteiger partial charge in [-0.25, -0.2) is 13.8 Å². The number of nitrogens with two attached hydrogens (primary N) is 1. The van der Waals surface area contributed by atoms with Gasteiger partial charge in [0, 0.05) is 24.7 Å². The number of aliphatic imine (C=N–C) groups is 1. The van der Waals surface area contributed by atoms with E-state index < -0.39 is 23.9 Å². The summed E-state index contributed by atoms with van der Waals surface area (Å²) in [4.78, 5) is 7.78. The molecule has 2 N–H and O–H groups in total. The van der Waals surface area contributed by atoms with E-state index in [1.165, 1.54) is 6.20 Å². The molecule has 1 spiro atoms. The summed E-state index contributed by atoms with van der Waals surface area (Å²) in [6.07, 6.45) is 3.44. The van der Waals surface area contributed by atoms with Crippen molar-refractivity contribution in [3.8, 4) is 0 Å². The molecule has 0 saturated heterocycles. The lowest BCUT2D eigenvalue weighted by Gasteiger charge is -2.46. The van der Waals surface area contributed by atoms with Crippen molar-refractivity contribution < 1.29 is 18.3 Å². The molecule has 2 aliphatic heterocycles. The Morgan fingerprint density at radius 3 is 2.96 bits per heavy atom. The van der Waals surface area contributed by atoms with E-state index in [1.807, 2.05) is 0 Å². The molecule has 3 aliphatic rings. The Bertz CT molecular complexity index is 798. The zero-order valence-corrected chi connectivity index (χ0v) is 13.9. The van der Waals surface area contributed by atoms with E-state index in [1.54, 1.807) is 24.4 Å². The first-order valence-electron chi connectivity index (χ1n) is 7.94. The highest BCUT2D eigenvalue weighted by molar-refractivity contribution is 6.30. The molecule has 3 heterocycles. The fourth-order valence-corrected chi connectivity index (χ4v) is 3.81. The van der Waals surface area contributed by atoms with Crippen LogP contribution in [0.25, 0.3) is 0 Å². The van der Waals surface area contributed by atoms with E-state index in [0.717, 1.165) is 0 Å². The standard InChI is InChI=1S/C17H16ClF2N3O2/c18-10-5-9(6-22-7-10)11-1-2-12-14(15(11)20)17(3-4-24-12)13(19)8-23-16(21)25-17/h1-2,5-7,11,13,15H,3-4,8H2,(H2,21,23)/t11?,13-,15?,17?/m1/s1. The molecule has 4 atom stereocenters. The van der Waals surface area contributed by atoms with Crippen LogP contribution in [0, 0.1) is 0 Å². The summed E-state index contributed by atoms with van der Waals surface area (Å²) in [5, 5.41) is 0.404. The molecule has 5 nitrogen and oxygen atoms in total. The number of pyridine rings is 1. The summed E-state index contributed by atoms with van der Waals surface area (Å²) >= 11 is 5.97. The van der Waals surface area contributed by atoms with Gasteiger partial charge in [-0.3, -0.25) is 4.98 Å². The van der Waals surface area contributed by atoms with E-state index in [-0.39, 0.29) is 31.2 Å². The number of alkyl halides is 2. The number of aromatic nitrogens is 1. The van der Waals surface area contributed by atoms with Crippen molar-refractivity contribution in [3.63, 3.8) is 0 Å². The summed E-state index contributed by atoms with van der Waals surface area (Å²) in [6.45, 7) is 0.0510. The Kier molecular flexibility index (Phi) is 3.91. The Morgan fingerprint density at radius 2 is 2.16 bits per heavy atom. The molecule has 4 rings (SSSR count). The van der Waals surface area contributed by atoms with E-state index >= 15 is 4.39 Å². The third-order valence-electron chi connectivity index (χ3n) is 4.81. The van der Waals surface area contributed by atoms with Gasteiger partial charge in [-0.1, -0.05) is 17.7 Å². The monoisotopic (exact) mass is 367 g/mol. The number of amidine groups is 1. The van der Waals surface area contributed by atoms with Gasteiger partial charge in [-0.15, -0.1) is 0 Å². The van der Waals surface area contributed by atoms with Crippen LogP contribution in [-0.2, 0) is 9.47 Å². The second-order valence-corrected chi connectivity index (χ2v) is 6.67. The summed E-state index contributed by atoms with van der Waals surface area (Å²) in [6, 6.07) is 1.51. The van der Waals surface area contributed by atoms with Crippen LogP contribution in [0.15, 0.2) is 46.9 Å². The highest BCUT2D eigenvalue weighted by atomic mass is 35.5. The summed E-state index contributed by atoms with van der Waals surface area (Å²) in [7, 11) is 0. The Balaban J connectivity index is 1.77. The van der Waals surface area contributed by atoms with Crippen LogP contribution in [0.4, 0.5) is 8.78 Å². The fourth-order valence-electron chi connectivity index (χ4n) is 3.63. The lowest BCUT2D eigenvalue weighted by Crippen LogP contribution is -2.57. The van der Waals surface area contributed by atoms with Gasteiger partial charge in [0.1, 0.15) is 11.9 Å². The van der Waals surface area contributed by atoms with Gasteiger partial charge in [-0.05, 0) is 17.7 Å². The van der Waals surface area contributed by atoms with Crippen LogP contribution in [0.1, 0.15) is 17.9 Å². The zero-order valence-electron chi connectivity index (χ0n) is 13.2. The summed E-state index contributed by atoms with van der Waals surface area (Å²) < 4.78 is 41.5. The molecule has 0 fully saturated rings. The van der Waals surface area contributed by atoms with Gasteiger partial charge in [0.25, 0.3) is 6.02 Å². The molecule has 3 unspecified atom stereocenters. The molecule has 0 radical (unpaired) electrons. The van der Waals surface area contributed by atoms with Crippen LogP contribution < -0.4 is 5.73 Å². The first-order chi connectivity index (χ1) is 12.0. The van der Waals surface area contributed by atoms with E-state index in [4.69, 9.17) is 26.8 Å². The van der Waals surface area contributed by atoms with Gasteiger partial charge < -0.3 is 15.2 Å². The highest BCUT2D eigenvalue weighted by Crippen LogP contribution is 2.47. The minimum Gasteiger partial charge on any atom is -0.493 e. The number of nitrogens with zero attached hydrogens (tertiary/aromatic N) is 2. The second-order valence-electron chi connectivity index (χ2n) is 6.24. The van der Waals surface area contributed by atoms with Crippen molar-refractivity contribution in [1.29, 1.82) is 0 Å². The molecule has 1 aliphatic carbocycles. The molecule has 0 saturated carbocycles. The first kappa shape index (κ1) is 16.3. The normalized spacial score (nSPS) is 34.2. The number of rotatable bonds is 1. The minimum atomic E-state index is -1.55. The number of fused-ring (bicyclic) bond motifs is 1. The van der Waals surface area contributed by atoms with Crippen LogP contribution in [0.3, 0.4) is 0 Å². The highest BCUT2D eigenvalue weighted by Gasteiger charge is 2.55. The molecule has 0 amide bonds. The smallest absolute Gasteiger partial charge is 0.283 e. The lowest BCUT2D eigenvalue weighted by atomic mass is 9.74. The SMILES string of the molecule is NC1=NC[C@@H](F)C2(CCOC3=C2C(F)C(c2cncc(Cl)c2)C=C3)O1. The largest absolute Gasteiger partial charge is 0.493 e. The number of hydrogen-bond acceptors (Lipinski definition) is 5. The van der Waals surface area contributed by atoms with Gasteiger partial charge in [0.05, 0.1) is 23.7 Å². The maximum absolute atomic E-state index is 15.5. The van der Waals surface area contributed by atoms with E-state index in [9.17, 15) is 4.39 Å². The number of ether oxygens (including phenoxy) is 2. The van der Waals surface area contributed by atoms with Crippen molar-refractivity contribution >= 4 is 17.6 Å². The molecule has 0 bridgehead atoms. The van der Waals surface area contributed by atoms with Gasteiger partial charge >= 0.3 is 0 Å². The topological polar surface area (TPSA) is 69.7 Å². The quantitative estimate of drug-likeness (QED) is 0.828. The predicted molar refractivity (Wildman–Crippen MR) is 88.8 cm³/mol. The van der Waals surface area contributed by atoms with Gasteiger partial charge in [-0.2, -0.15) is 0 Å².